The van der Waals surface area contributed by atoms with Crippen LogP contribution in [-0.4, -0.2) is 42.0 Å². The van der Waals surface area contributed by atoms with Crippen LogP contribution in [0, 0.1) is 6.92 Å². The van der Waals surface area contributed by atoms with Crippen molar-refractivity contribution in [2.24, 2.45) is 0 Å². The van der Waals surface area contributed by atoms with E-state index in [0.717, 1.165) is 11.3 Å². The number of rotatable bonds is 8. The summed E-state index contributed by atoms with van der Waals surface area (Å²) in [4.78, 5) is 29.2. The molecule has 0 aliphatic carbocycles. The highest BCUT2D eigenvalue weighted by Crippen LogP contribution is 2.13. The number of pyridine rings is 1. The molecule has 1 heterocycles. The van der Waals surface area contributed by atoms with Crippen LogP contribution in [0.3, 0.4) is 0 Å². The van der Waals surface area contributed by atoms with Crippen LogP contribution in [-0.2, 0) is 4.79 Å². The van der Waals surface area contributed by atoms with Gasteiger partial charge in [0, 0.05) is 11.6 Å². The molecule has 1 atom stereocenters. The van der Waals surface area contributed by atoms with Crippen molar-refractivity contribution in [1.82, 2.24) is 10.3 Å². The normalized spacial score (nSPS) is 11.5. The molecule has 26 heavy (non-hydrogen) atoms. The Balaban J connectivity index is 2.06. The largest absolute Gasteiger partial charge is 0.481 e. The summed E-state index contributed by atoms with van der Waals surface area (Å²) in [5.41, 5.74) is 2.08. The number of thioether (sulfide) groups is 1. The summed E-state index contributed by atoms with van der Waals surface area (Å²) in [6, 6.07) is 10.0. The monoisotopic (exact) mass is 373 g/mol. The van der Waals surface area contributed by atoms with Crippen molar-refractivity contribution in [3.8, 4) is 5.88 Å². The highest BCUT2D eigenvalue weighted by Gasteiger charge is 2.21. The van der Waals surface area contributed by atoms with Crippen molar-refractivity contribution >= 4 is 29.3 Å². The molecule has 0 saturated carbocycles. The quantitative estimate of drug-likeness (QED) is 0.744. The van der Waals surface area contributed by atoms with Crippen molar-refractivity contribution < 1.29 is 14.3 Å². The standard InChI is InChI=1S/C19H23N3O3S/c1-13-5-4-6-14(11-13)18(23)22-16(9-10-26-3)19(24)21-15-7-8-17(25-2)20-12-15/h4-8,11-12,16H,9-10H2,1-3H3,(H,21,24)(H,22,23)/t16-/m1/s1. The van der Waals surface area contributed by atoms with E-state index in [2.05, 4.69) is 15.6 Å². The van der Waals surface area contributed by atoms with Gasteiger partial charge in [0.15, 0.2) is 0 Å². The van der Waals surface area contributed by atoms with Gasteiger partial charge in [-0.25, -0.2) is 4.98 Å². The minimum atomic E-state index is -0.627. The topological polar surface area (TPSA) is 80.3 Å². The molecule has 0 spiro atoms. The summed E-state index contributed by atoms with van der Waals surface area (Å²) in [6.07, 6.45) is 4.02. The molecule has 0 aliphatic heterocycles. The third kappa shape index (κ3) is 5.77. The first-order valence-electron chi connectivity index (χ1n) is 8.21. The van der Waals surface area contributed by atoms with E-state index in [4.69, 9.17) is 4.74 Å². The van der Waals surface area contributed by atoms with Gasteiger partial charge in [-0.15, -0.1) is 0 Å². The zero-order valence-corrected chi connectivity index (χ0v) is 15.9. The summed E-state index contributed by atoms with van der Waals surface area (Å²) in [6.45, 7) is 1.92. The van der Waals surface area contributed by atoms with Crippen LogP contribution in [0.25, 0.3) is 0 Å². The second kappa shape index (κ2) is 9.82. The van der Waals surface area contributed by atoms with Gasteiger partial charge in [-0.3, -0.25) is 9.59 Å². The number of carbonyl (C=O) groups is 2. The fourth-order valence-electron chi connectivity index (χ4n) is 2.34. The Hall–Kier alpha value is -2.54. The molecule has 6 nitrogen and oxygen atoms in total. The maximum atomic E-state index is 12.6. The number of hydrogen-bond acceptors (Lipinski definition) is 5. The highest BCUT2D eigenvalue weighted by atomic mass is 32.2. The van der Waals surface area contributed by atoms with E-state index >= 15 is 0 Å². The lowest BCUT2D eigenvalue weighted by atomic mass is 10.1. The predicted octanol–water partition coefficient (Wildman–Crippen LogP) is 2.89. The van der Waals surface area contributed by atoms with Gasteiger partial charge in [0.2, 0.25) is 11.8 Å². The number of nitrogens with one attached hydrogen (secondary N) is 2. The molecule has 2 N–H and O–H groups in total. The summed E-state index contributed by atoms with van der Waals surface area (Å²) in [5.74, 6) is 0.692. The number of nitrogens with zero attached hydrogens (tertiary/aromatic N) is 1. The van der Waals surface area contributed by atoms with Gasteiger partial charge < -0.3 is 15.4 Å². The lowest BCUT2D eigenvalue weighted by Gasteiger charge is -2.18. The van der Waals surface area contributed by atoms with E-state index in [-0.39, 0.29) is 11.8 Å². The van der Waals surface area contributed by atoms with Gasteiger partial charge in [-0.2, -0.15) is 11.8 Å². The number of carbonyl (C=O) groups excluding carboxylic acids is 2. The lowest BCUT2D eigenvalue weighted by molar-refractivity contribution is -0.118. The van der Waals surface area contributed by atoms with Gasteiger partial charge in [-0.05, 0) is 43.6 Å². The summed E-state index contributed by atoms with van der Waals surface area (Å²) in [5, 5.41) is 5.62. The van der Waals surface area contributed by atoms with E-state index in [1.807, 2.05) is 25.3 Å². The van der Waals surface area contributed by atoms with E-state index in [1.54, 1.807) is 36.0 Å². The van der Waals surface area contributed by atoms with Gasteiger partial charge in [0.05, 0.1) is 19.0 Å². The Morgan fingerprint density at radius 2 is 2.08 bits per heavy atom. The second-order valence-corrected chi connectivity index (χ2v) is 6.74. The van der Waals surface area contributed by atoms with Crippen molar-refractivity contribution in [1.29, 1.82) is 0 Å². The summed E-state index contributed by atoms with van der Waals surface area (Å²) in [7, 11) is 1.53. The Morgan fingerprint density at radius 3 is 2.69 bits per heavy atom. The van der Waals surface area contributed by atoms with Crippen molar-refractivity contribution in [3.63, 3.8) is 0 Å². The first kappa shape index (κ1) is 19.8. The van der Waals surface area contributed by atoms with Crippen LogP contribution in [0.15, 0.2) is 42.6 Å². The molecule has 2 aromatic rings. The summed E-state index contributed by atoms with van der Waals surface area (Å²) >= 11 is 1.62. The molecule has 1 aromatic heterocycles. The lowest BCUT2D eigenvalue weighted by Crippen LogP contribution is -2.44. The Kier molecular flexibility index (Phi) is 7.47. The molecule has 7 heteroatoms. The average molecular weight is 373 g/mol. The average Bonchev–Trinajstić information content (AvgIpc) is 2.65. The zero-order valence-electron chi connectivity index (χ0n) is 15.1. The number of methoxy groups -OCH3 is 1. The molecule has 0 radical (unpaired) electrons. The maximum absolute atomic E-state index is 12.6. The number of hydrogen-bond donors (Lipinski definition) is 2. The molecule has 0 aliphatic rings. The first-order chi connectivity index (χ1) is 12.5. The molecule has 2 amide bonds. The van der Waals surface area contributed by atoms with E-state index < -0.39 is 6.04 Å². The molecule has 0 saturated heterocycles. The third-order valence-electron chi connectivity index (χ3n) is 3.73. The highest BCUT2D eigenvalue weighted by molar-refractivity contribution is 7.98. The molecule has 0 fully saturated rings. The van der Waals surface area contributed by atoms with E-state index in [9.17, 15) is 9.59 Å². The molecule has 0 unspecified atom stereocenters. The summed E-state index contributed by atoms with van der Waals surface area (Å²) < 4.78 is 5.00. The van der Waals surface area contributed by atoms with Crippen LogP contribution < -0.4 is 15.4 Å². The predicted molar refractivity (Wildman–Crippen MR) is 105 cm³/mol. The Labute approximate surface area is 157 Å². The molecule has 2 rings (SSSR count). The Morgan fingerprint density at radius 1 is 1.27 bits per heavy atom. The molecule has 1 aromatic carbocycles. The van der Waals surface area contributed by atoms with Crippen LogP contribution >= 0.6 is 11.8 Å². The molecule has 0 bridgehead atoms. The van der Waals surface area contributed by atoms with Crippen LogP contribution in [0.2, 0.25) is 0 Å². The maximum Gasteiger partial charge on any atom is 0.251 e. The first-order valence-corrected chi connectivity index (χ1v) is 9.60. The molecule has 138 valence electrons. The zero-order chi connectivity index (χ0) is 18.9. The van der Waals surface area contributed by atoms with E-state index in [1.165, 1.54) is 13.3 Å². The molecular formula is C19H23N3O3S. The van der Waals surface area contributed by atoms with Crippen molar-refractivity contribution in [2.75, 3.05) is 24.4 Å². The SMILES string of the molecule is COc1ccc(NC(=O)[C@@H](CCSC)NC(=O)c2cccc(C)c2)cn1. The van der Waals surface area contributed by atoms with Crippen LogP contribution in [0.5, 0.6) is 5.88 Å². The number of aromatic nitrogens is 1. The molecular weight excluding hydrogens is 350 g/mol. The van der Waals surface area contributed by atoms with Crippen LogP contribution in [0.4, 0.5) is 5.69 Å². The third-order valence-corrected chi connectivity index (χ3v) is 4.37. The van der Waals surface area contributed by atoms with Crippen molar-refractivity contribution in [2.45, 2.75) is 19.4 Å². The van der Waals surface area contributed by atoms with Gasteiger partial charge in [0.1, 0.15) is 6.04 Å². The number of anilines is 1. The van der Waals surface area contributed by atoms with Gasteiger partial charge in [-0.1, -0.05) is 17.7 Å². The van der Waals surface area contributed by atoms with Gasteiger partial charge in [0.25, 0.3) is 5.91 Å². The second-order valence-electron chi connectivity index (χ2n) is 5.76. The van der Waals surface area contributed by atoms with Gasteiger partial charge >= 0.3 is 0 Å². The smallest absolute Gasteiger partial charge is 0.251 e. The number of benzene rings is 1. The van der Waals surface area contributed by atoms with E-state index in [0.29, 0.717) is 23.6 Å². The number of aryl methyl sites for hydroxylation is 1. The fourth-order valence-corrected chi connectivity index (χ4v) is 2.81. The number of amides is 2. The fraction of sp³-hybridized carbons (Fsp3) is 0.316. The Bertz CT molecular complexity index is 750. The van der Waals surface area contributed by atoms with Crippen molar-refractivity contribution in [3.05, 3.63) is 53.7 Å². The minimum Gasteiger partial charge on any atom is -0.481 e. The minimum absolute atomic E-state index is 0.261. The number of ether oxygens (including phenoxy) is 1. The van der Waals surface area contributed by atoms with Crippen LogP contribution in [0.1, 0.15) is 22.3 Å².